The average Bonchev–Trinajstić information content (AvgIpc) is 3.09. The molecule has 5 nitrogen and oxygen atoms in total. The Bertz CT molecular complexity index is 906. The van der Waals surface area contributed by atoms with Crippen molar-refractivity contribution in [2.45, 2.75) is 18.9 Å². The highest BCUT2D eigenvalue weighted by molar-refractivity contribution is 7.17. The van der Waals surface area contributed by atoms with Gasteiger partial charge in [0, 0.05) is 23.8 Å². The molecule has 0 aliphatic carbocycles. The Morgan fingerprint density at radius 2 is 1.86 bits per heavy atom. The van der Waals surface area contributed by atoms with Crippen LogP contribution in [0.3, 0.4) is 0 Å². The molecule has 2 aromatic carbocycles. The number of benzene rings is 2. The van der Waals surface area contributed by atoms with Gasteiger partial charge in [-0.15, -0.1) is 11.3 Å². The van der Waals surface area contributed by atoms with E-state index in [0.717, 1.165) is 18.4 Å². The smallest absolute Gasteiger partial charge is 0.314 e. The molecule has 0 aliphatic heterocycles. The van der Waals surface area contributed by atoms with E-state index in [1.54, 1.807) is 23.5 Å². The number of carbonyl (C=O) groups excluding carboxylic acids is 1. The minimum absolute atomic E-state index is 0.142. The largest absolute Gasteiger partial charge is 0.508 e. The van der Waals surface area contributed by atoms with E-state index in [0.29, 0.717) is 13.1 Å². The number of aromatic hydroxyl groups is 1. The predicted octanol–water partition coefficient (Wildman–Crippen LogP) is 3.62. The summed E-state index contributed by atoms with van der Waals surface area (Å²) < 4.78 is 1.28. The van der Waals surface area contributed by atoms with Gasteiger partial charge in [-0.2, -0.15) is 0 Å². The fourth-order valence-electron chi connectivity index (χ4n) is 3.15. The van der Waals surface area contributed by atoms with Crippen LogP contribution in [-0.4, -0.2) is 49.3 Å². The lowest BCUT2D eigenvalue weighted by atomic mass is 10.1. The van der Waals surface area contributed by atoms with Gasteiger partial charge in [0.15, 0.2) is 0 Å². The van der Waals surface area contributed by atoms with Crippen LogP contribution in [0.4, 0.5) is 4.79 Å². The molecule has 3 N–H and O–H groups in total. The van der Waals surface area contributed by atoms with Crippen molar-refractivity contribution in [2.75, 3.05) is 27.2 Å². The summed E-state index contributed by atoms with van der Waals surface area (Å²) in [6, 6.07) is 15.6. The maximum absolute atomic E-state index is 12.2. The summed E-state index contributed by atoms with van der Waals surface area (Å²) in [7, 11) is 4.01. The Kier molecular flexibility index (Phi) is 6.90. The van der Waals surface area contributed by atoms with Crippen molar-refractivity contribution >= 4 is 27.5 Å². The third-order valence-electron chi connectivity index (χ3n) is 4.88. The lowest BCUT2D eigenvalue weighted by Gasteiger charge is -2.25. The number of hydrogen-bond donors (Lipinski definition) is 3. The number of amides is 2. The molecule has 6 heteroatoms. The summed E-state index contributed by atoms with van der Waals surface area (Å²) in [4.78, 5) is 14.3. The van der Waals surface area contributed by atoms with Crippen molar-refractivity contribution in [3.05, 3.63) is 65.0 Å². The van der Waals surface area contributed by atoms with Gasteiger partial charge in [-0.25, -0.2) is 4.79 Å². The van der Waals surface area contributed by atoms with Gasteiger partial charge in [-0.05, 0) is 67.0 Å². The van der Waals surface area contributed by atoms with E-state index >= 15 is 0 Å². The lowest BCUT2D eigenvalue weighted by Crippen LogP contribution is -2.45. The van der Waals surface area contributed by atoms with Gasteiger partial charge in [0.05, 0.1) is 0 Å². The van der Waals surface area contributed by atoms with Crippen molar-refractivity contribution in [2.24, 2.45) is 0 Å². The van der Waals surface area contributed by atoms with E-state index in [9.17, 15) is 9.90 Å². The van der Waals surface area contributed by atoms with E-state index in [1.165, 1.54) is 15.6 Å². The molecular formula is C22H27N3O2S. The highest BCUT2D eigenvalue weighted by Crippen LogP contribution is 2.25. The van der Waals surface area contributed by atoms with E-state index in [-0.39, 0.29) is 17.8 Å². The third kappa shape index (κ3) is 5.47. The Labute approximate surface area is 170 Å². The third-order valence-corrected chi connectivity index (χ3v) is 5.89. The first-order chi connectivity index (χ1) is 13.5. The summed E-state index contributed by atoms with van der Waals surface area (Å²) in [6.45, 7) is 1.16. The quantitative estimate of drug-likeness (QED) is 0.544. The van der Waals surface area contributed by atoms with Gasteiger partial charge in [0.1, 0.15) is 5.75 Å². The minimum atomic E-state index is -0.142. The maximum atomic E-state index is 12.2. The highest BCUT2D eigenvalue weighted by atomic mass is 32.1. The zero-order chi connectivity index (χ0) is 19.9. The lowest BCUT2D eigenvalue weighted by molar-refractivity contribution is 0.232. The molecule has 3 rings (SSSR count). The number of carbonyl (C=O) groups is 1. The molecule has 1 unspecified atom stereocenters. The van der Waals surface area contributed by atoms with Crippen molar-refractivity contribution < 1.29 is 9.90 Å². The molecule has 1 aromatic heterocycles. The molecule has 0 saturated carbocycles. The zero-order valence-electron chi connectivity index (χ0n) is 16.3. The molecule has 0 aliphatic rings. The molecule has 3 aromatic rings. The number of hydrogen-bond acceptors (Lipinski definition) is 4. The summed E-state index contributed by atoms with van der Waals surface area (Å²) in [5, 5.41) is 18.8. The molecule has 0 saturated heterocycles. The average molecular weight is 398 g/mol. The Morgan fingerprint density at radius 1 is 1.11 bits per heavy atom. The number of nitrogens with one attached hydrogen (secondary N) is 2. The van der Waals surface area contributed by atoms with Gasteiger partial charge in [0.2, 0.25) is 0 Å². The molecule has 0 spiro atoms. The number of phenols is 1. The number of urea groups is 1. The first-order valence-electron chi connectivity index (χ1n) is 9.44. The van der Waals surface area contributed by atoms with Crippen LogP contribution in [-0.2, 0) is 12.8 Å². The first-order valence-corrected chi connectivity index (χ1v) is 10.3. The maximum Gasteiger partial charge on any atom is 0.314 e. The molecule has 148 valence electrons. The molecule has 1 heterocycles. The molecule has 0 bridgehead atoms. The summed E-state index contributed by atoms with van der Waals surface area (Å²) in [5.41, 5.74) is 2.41. The van der Waals surface area contributed by atoms with Crippen molar-refractivity contribution in [1.82, 2.24) is 15.5 Å². The number of nitrogens with zero attached hydrogens (tertiary/aromatic N) is 1. The van der Waals surface area contributed by atoms with Gasteiger partial charge < -0.3 is 20.6 Å². The molecule has 28 heavy (non-hydrogen) atoms. The number of thiophene rings is 1. The van der Waals surface area contributed by atoms with Gasteiger partial charge >= 0.3 is 6.03 Å². The second-order valence-electron chi connectivity index (χ2n) is 7.13. The first kappa shape index (κ1) is 20.2. The van der Waals surface area contributed by atoms with Crippen LogP contribution in [0.25, 0.3) is 10.1 Å². The summed E-state index contributed by atoms with van der Waals surface area (Å²) >= 11 is 1.74. The topological polar surface area (TPSA) is 64.6 Å². The monoisotopic (exact) mass is 397 g/mol. The van der Waals surface area contributed by atoms with Crippen LogP contribution in [0.15, 0.2) is 53.9 Å². The van der Waals surface area contributed by atoms with Crippen LogP contribution in [0.5, 0.6) is 5.75 Å². The Hall–Kier alpha value is -2.57. The van der Waals surface area contributed by atoms with Crippen LogP contribution >= 0.6 is 11.3 Å². The molecule has 1 atom stereocenters. The minimum Gasteiger partial charge on any atom is -0.508 e. The van der Waals surface area contributed by atoms with Gasteiger partial charge in [0.25, 0.3) is 0 Å². The summed E-state index contributed by atoms with van der Waals surface area (Å²) in [6.07, 6.45) is 1.62. The van der Waals surface area contributed by atoms with Crippen molar-refractivity contribution in [3.8, 4) is 5.75 Å². The second kappa shape index (κ2) is 9.57. The van der Waals surface area contributed by atoms with Gasteiger partial charge in [-0.3, -0.25) is 0 Å². The number of likely N-dealkylation sites (N-methyl/N-ethyl adjacent to an activating group) is 1. The number of fused-ring (bicyclic) bond motifs is 1. The zero-order valence-corrected chi connectivity index (χ0v) is 17.1. The van der Waals surface area contributed by atoms with Crippen LogP contribution in [0, 0.1) is 0 Å². The Morgan fingerprint density at radius 3 is 2.61 bits per heavy atom. The van der Waals surface area contributed by atoms with E-state index in [1.807, 2.05) is 38.4 Å². The van der Waals surface area contributed by atoms with Gasteiger partial charge in [-0.1, -0.05) is 30.3 Å². The highest BCUT2D eigenvalue weighted by Gasteiger charge is 2.14. The van der Waals surface area contributed by atoms with Crippen LogP contribution in [0.1, 0.15) is 11.1 Å². The van der Waals surface area contributed by atoms with Crippen LogP contribution < -0.4 is 10.6 Å². The second-order valence-corrected chi connectivity index (χ2v) is 8.04. The van der Waals surface area contributed by atoms with Crippen molar-refractivity contribution in [3.63, 3.8) is 0 Å². The van der Waals surface area contributed by atoms with E-state index in [4.69, 9.17) is 0 Å². The molecular weight excluding hydrogens is 370 g/mol. The van der Waals surface area contributed by atoms with Crippen molar-refractivity contribution in [1.29, 1.82) is 0 Å². The fourth-order valence-corrected chi connectivity index (χ4v) is 4.15. The SMILES string of the molecule is CN(C)C(CNC(=O)NCCc1csc2ccccc12)Cc1ccc(O)cc1. The van der Waals surface area contributed by atoms with Crippen LogP contribution in [0.2, 0.25) is 0 Å². The molecule has 2 amide bonds. The fraction of sp³-hybridized carbons (Fsp3) is 0.318. The number of phenolic OH excluding ortho intramolecular Hbond substituents is 1. The predicted molar refractivity (Wildman–Crippen MR) is 116 cm³/mol. The molecule has 0 radical (unpaired) electrons. The standard InChI is InChI=1S/C22H27N3O2S/c1-25(2)18(13-16-7-9-19(26)10-8-16)14-24-22(27)23-12-11-17-15-28-21-6-4-3-5-20(17)21/h3-10,15,18,26H,11-14H2,1-2H3,(H2,23,24,27). The molecule has 0 fully saturated rings. The normalized spacial score (nSPS) is 12.2. The van der Waals surface area contributed by atoms with E-state index < -0.39 is 0 Å². The number of rotatable bonds is 8. The summed E-state index contributed by atoms with van der Waals surface area (Å²) in [5.74, 6) is 0.265. The Balaban J connectivity index is 1.44. The van der Waals surface area contributed by atoms with E-state index in [2.05, 4.69) is 33.0 Å².